The van der Waals surface area contributed by atoms with Gasteiger partial charge in [0.25, 0.3) is 0 Å². The second kappa shape index (κ2) is 4.83. The van der Waals surface area contributed by atoms with Crippen molar-refractivity contribution in [2.24, 2.45) is 9.98 Å². The third-order valence-corrected chi connectivity index (χ3v) is 1.71. The average Bonchev–Trinajstić information content (AvgIpc) is 2.02. The molecule has 0 aromatic heterocycles. The number of rotatable bonds is 0. The molecular formula is C9H15N3. The van der Waals surface area contributed by atoms with Gasteiger partial charge < -0.3 is 4.90 Å². The van der Waals surface area contributed by atoms with E-state index in [-0.39, 0.29) is 0 Å². The summed E-state index contributed by atoms with van der Waals surface area (Å²) in [6.45, 7) is 6.64. The normalized spacial score (nSPS) is 21.2. The van der Waals surface area contributed by atoms with E-state index < -0.39 is 0 Å². The Balaban J connectivity index is 2.53. The molecule has 0 amide bonds. The molecule has 1 aliphatic rings. The molecule has 0 aliphatic carbocycles. The summed E-state index contributed by atoms with van der Waals surface area (Å²) in [7, 11) is 2.08. The number of hydrogen-bond donors (Lipinski definition) is 0. The van der Waals surface area contributed by atoms with Gasteiger partial charge in [0.1, 0.15) is 0 Å². The fourth-order valence-corrected chi connectivity index (χ4v) is 1.12. The molecule has 0 radical (unpaired) electrons. The van der Waals surface area contributed by atoms with Gasteiger partial charge in [-0.15, -0.1) is 0 Å². The van der Waals surface area contributed by atoms with Gasteiger partial charge in [0.2, 0.25) is 0 Å². The molecule has 0 fully saturated rings. The van der Waals surface area contributed by atoms with Crippen LogP contribution in [0.4, 0.5) is 0 Å². The summed E-state index contributed by atoms with van der Waals surface area (Å²) in [6, 6.07) is 0. The lowest BCUT2D eigenvalue weighted by molar-refractivity contribution is 0.358. The zero-order valence-electron chi connectivity index (χ0n) is 7.53. The Bertz CT molecular complexity index is 206. The van der Waals surface area contributed by atoms with Crippen molar-refractivity contribution in [1.29, 1.82) is 0 Å². The van der Waals surface area contributed by atoms with Gasteiger partial charge >= 0.3 is 0 Å². The Morgan fingerprint density at radius 3 is 3.17 bits per heavy atom. The van der Waals surface area contributed by atoms with Crippen LogP contribution < -0.4 is 0 Å². The number of nitrogens with zero attached hydrogens (tertiary/aromatic N) is 3. The van der Waals surface area contributed by atoms with Gasteiger partial charge in [0.15, 0.2) is 0 Å². The first kappa shape index (κ1) is 9.13. The topological polar surface area (TPSA) is 28.0 Å². The molecule has 1 rings (SSSR count). The molecule has 0 N–H and O–H groups in total. The van der Waals surface area contributed by atoms with E-state index in [4.69, 9.17) is 0 Å². The van der Waals surface area contributed by atoms with E-state index >= 15 is 0 Å². The number of likely N-dealkylation sites (N-methyl/N-ethyl adjacent to an activating group) is 1. The van der Waals surface area contributed by atoms with Gasteiger partial charge in [0, 0.05) is 37.8 Å². The first-order valence-electron chi connectivity index (χ1n) is 4.18. The maximum Gasteiger partial charge on any atom is 0.0472 e. The van der Waals surface area contributed by atoms with E-state index in [0.29, 0.717) is 0 Å². The summed E-state index contributed by atoms with van der Waals surface area (Å²) in [6.07, 6.45) is 4.56. The van der Waals surface area contributed by atoms with E-state index in [2.05, 4.69) is 28.5 Å². The van der Waals surface area contributed by atoms with E-state index in [1.54, 1.807) is 12.4 Å². The Morgan fingerprint density at radius 1 is 1.50 bits per heavy atom. The Hall–Kier alpha value is -0.960. The molecule has 3 heteroatoms. The van der Waals surface area contributed by atoms with Crippen molar-refractivity contribution in [1.82, 2.24) is 4.90 Å². The Morgan fingerprint density at radius 2 is 2.33 bits per heavy atom. The lowest BCUT2D eigenvalue weighted by Gasteiger charge is -2.15. The summed E-state index contributed by atoms with van der Waals surface area (Å²) in [5, 5.41) is 0. The largest absolute Gasteiger partial charge is 0.301 e. The van der Waals surface area contributed by atoms with Gasteiger partial charge in [-0.25, -0.2) is 0 Å². The predicted octanol–water partition coefficient (Wildman–Crippen LogP) is 0.977. The Kier molecular flexibility index (Phi) is 3.67. The number of aliphatic imine (C=N–C) groups is 2. The van der Waals surface area contributed by atoms with Crippen molar-refractivity contribution in [3.63, 3.8) is 0 Å². The quantitative estimate of drug-likeness (QED) is 0.526. The first-order chi connectivity index (χ1) is 5.79. The van der Waals surface area contributed by atoms with Crippen molar-refractivity contribution in [3.05, 3.63) is 12.3 Å². The van der Waals surface area contributed by atoms with Crippen molar-refractivity contribution in [2.75, 3.05) is 26.7 Å². The Labute approximate surface area is 73.5 Å². The highest BCUT2D eigenvalue weighted by molar-refractivity contribution is 6.16. The van der Waals surface area contributed by atoms with Gasteiger partial charge in [-0.3, -0.25) is 9.98 Å². The van der Waals surface area contributed by atoms with Crippen molar-refractivity contribution in [2.45, 2.75) is 6.42 Å². The van der Waals surface area contributed by atoms with E-state index in [1.807, 2.05) is 0 Å². The molecule has 0 aromatic rings. The van der Waals surface area contributed by atoms with Crippen LogP contribution in [0.3, 0.4) is 0 Å². The molecule has 0 unspecified atom stereocenters. The highest BCUT2D eigenvalue weighted by Gasteiger charge is 1.99. The van der Waals surface area contributed by atoms with Crippen molar-refractivity contribution >= 4 is 12.4 Å². The monoisotopic (exact) mass is 165 g/mol. The lowest BCUT2D eigenvalue weighted by atomic mass is 10.3. The highest BCUT2D eigenvalue weighted by Crippen LogP contribution is 1.97. The molecule has 12 heavy (non-hydrogen) atoms. The first-order valence-corrected chi connectivity index (χ1v) is 4.18. The fraction of sp³-hybridized carbons (Fsp3) is 0.556. The third-order valence-electron chi connectivity index (χ3n) is 1.71. The second-order valence-electron chi connectivity index (χ2n) is 2.99. The van der Waals surface area contributed by atoms with Crippen LogP contribution in [0, 0.1) is 0 Å². The van der Waals surface area contributed by atoms with Gasteiger partial charge in [-0.05, 0) is 13.5 Å². The zero-order valence-corrected chi connectivity index (χ0v) is 7.53. The molecule has 0 bridgehead atoms. The van der Waals surface area contributed by atoms with Crippen LogP contribution in [-0.2, 0) is 0 Å². The van der Waals surface area contributed by atoms with Crippen LogP contribution in [0.15, 0.2) is 22.3 Å². The van der Waals surface area contributed by atoms with Gasteiger partial charge in [0.05, 0.1) is 0 Å². The van der Waals surface area contributed by atoms with Crippen LogP contribution in [0.1, 0.15) is 6.42 Å². The van der Waals surface area contributed by atoms with Crippen LogP contribution in [-0.4, -0.2) is 44.0 Å². The fourth-order valence-electron chi connectivity index (χ4n) is 1.12. The minimum Gasteiger partial charge on any atom is -0.301 e. The summed E-state index contributed by atoms with van der Waals surface area (Å²) >= 11 is 0. The maximum absolute atomic E-state index is 4.16. The van der Waals surface area contributed by atoms with Crippen LogP contribution in [0.2, 0.25) is 0 Å². The standard InChI is InChI=1S/C9H15N3/c1-9-8-12(2)7-3-4-10-5-6-11-9/h5-6H,1,3-4,7-8H2,2H3. The molecular weight excluding hydrogens is 150 g/mol. The molecule has 1 heterocycles. The molecule has 0 saturated carbocycles. The van der Waals surface area contributed by atoms with Crippen molar-refractivity contribution < 1.29 is 0 Å². The SMILES string of the molecule is C=C1CN(C)CCCN=CC=N1. The van der Waals surface area contributed by atoms with E-state index in [9.17, 15) is 0 Å². The summed E-state index contributed by atoms with van der Waals surface area (Å²) in [5.74, 6) is 0. The average molecular weight is 165 g/mol. The van der Waals surface area contributed by atoms with E-state index in [0.717, 1.165) is 31.8 Å². The maximum atomic E-state index is 4.16. The molecule has 1 aliphatic heterocycles. The minimum atomic E-state index is 0.852. The van der Waals surface area contributed by atoms with Crippen molar-refractivity contribution in [3.8, 4) is 0 Å². The smallest absolute Gasteiger partial charge is 0.0472 e. The summed E-state index contributed by atoms with van der Waals surface area (Å²) in [4.78, 5) is 10.5. The molecule has 0 atom stereocenters. The zero-order chi connectivity index (χ0) is 8.81. The molecule has 0 saturated heterocycles. The summed E-state index contributed by atoms with van der Waals surface area (Å²) < 4.78 is 0. The summed E-state index contributed by atoms with van der Waals surface area (Å²) in [5.41, 5.74) is 0.894. The lowest BCUT2D eigenvalue weighted by Crippen LogP contribution is -2.22. The van der Waals surface area contributed by atoms with Gasteiger partial charge in [-0.1, -0.05) is 6.58 Å². The molecule has 0 aromatic carbocycles. The predicted molar refractivity (Wildman–Crippen MR) is 53.1 cm³/mol. The molecule has 3 nitrogen and oxygen atoms in total. The third kappa shape index (κ3) is 3.44. The highest BCUT2D eigenvalue weighted by atomic mass is 15.1. The minimum absolute atomic E-state index is 0.852. The second-order valence-corrected chi connectivity index (χ2v) is 2.99. The van der Waals surface area contributed by atoms with Crippen LogP contribution in [0.25, 0.3) is 0 Å². The molecule has 0 spiro atoms. The molecule has 66 valence electrons. The van der Waals surface area contributed by atoms with Gasteiger partial charge in [-0.2, -0.15) is 0 Å². The van der Waals surface area contributed by atoms with E-state index in [1.165, 1.54) is 0 Å². The van der Waals surface area contributed by atoms with Crippen LogP contribution in [0.5, 0.6) is 0 Å². The number of hydrogen-bond acceptors (Lipinski definition) is 3. The van der Waals surface area contributed by atoms with Crippen LogP contribution >= 0.6 is 0 Å².